The molecule has 4 nitrogen and oxygen atoms in total. The fourth-order valence-corrected chi connectivity index (χ4v) is 2.20. The molecule has 2 rings (SSSR count). The molecule has 0 unspecified atom stereocenters. The normalized spacial score (nSPS) is 10.2. The van der Waals surface area contributed by atoms with Crippen molar-refractivity contribution in [1.82, 2.24) is 5.32 Å². The van der Waals surface area contributed by atoms with Crippen LogP contribution in [0.3, 0.4) is 0 Å². The van der Waals surface area contributed by atoms with Crippen LogP contribution in [0.15, 0.2) is 48.5 Å². The first-order valence-corrected chi connectivity index (χ1v) is 7.41. The highest BCUT2D eigenvalue weighted by atomic mass is 16.5. The lowest BCUT2D eigenvalue weighted by atomic mass is 10.1. The fourth-order valence-electron chi connectivity index (χ4n) is 2.20. The standard InChI is InChI=1S/C18H22N2O2/c1-22-17-4-2-3-15(13-17)7-10-18(21)20-12-11-14-5-8-16(19)9-6-14/h2-6,8-9,13H,7,10-12,19H2,1H3,(H,20,21). The zero-order chi connectivity index (χ0) is 15.8. The smallest absolute Gasteiger partial charge is 0.220 e. The Balaban J connectivity index is 1.70. The zero-order valence-corrected chi connectivity index (χ0v) is 12.8. The lowest BCUT2D eigenvalue weighted by molar-refractivity contribution is -0.121. The third-order valence-corrected chi connectivity index (χ3v) is 3.49. The summed E-state index contributed by atoms with van der Waals surface area (Å²) in [5.41, 5.74) is 8.67. The molecule has 2 aromatic carbocycles. The van der Waals surface area contributed by atoms with Gasteiger partial charge in [-0.25, -0.2) is 0 Å². The third kappa shape index (κ3) is 5.13. The molecular formula is C18H22N2O2. The summed E-state index contributed by atoms with van der Waals surface area (Å²) >= 11 is 0. The van der Waals surface area contributed by atoms with Gasteiger partial charge in [0.25, 0.3) is 0 Å². The highest BCUT2D eigenvalue weighted by Gasteiger charge is 2.03. The molecule has 1 amide bonds. The third-order valence-electron chi connectivity index (χ3n) is 3.49. The van der Waals surface area contributed by atoms with Crippen molar-refractivity contribution in [2.24, 2.45) is 0 Å². The molecule has 0 aliphatic heterocycles. The minimum Gasteiger partial charge on any atom is -0.497 e. The number of benzene rings is 2. The maximum absolute atomic E-state index is 11.9. The van der Waals surface area contributed by atoms with Crippen LogP contribution in [0, 0.1) is 0 Å². The van der Waals surface area contributed by atoms with Crippen molar-refractivity contribution in [2.75, 3.05) is 19.4 Å². The van der Waals surface area contributed by atoms with Crippen molar-refractivity contribution in [3.05, 3.63) is 59.7 Å². The maximum Gasteiger partial charge on any atom is 0.220 e. The van der Waals surface area contributed by atoms with E-state index in [0.717, 1.165) is 23.4 Å². The van der Waals surface area contributed by atoms with Crippen LogP contribution in [0.5, 0.6) is 5.75 Å². The largest absolute Gasteiger partial charge is 0.497 e. The molecule has 0 heterocycles. The van der Waals surface area contributed by atoms with E-state index in [1.807, 2.05) is 48.5 Å². The van der Waals surface area contributed by atoms with Crippen LogP contribution in [0.25, 0.3) is 0 Å². The van der Waals surface area contributed by atoms with Gasteiger partial charge in [0.05, 0.1) is 7.11 Å². The minimum atomic E-state index is 0.0678. The van der Waals surface area contributed by atoms with Gasteiger partial charge in [0, 0.05) is 18.7 Å². The van der Waals surface area contributed by atoms with Crippen LogP contribution < -0.4 is 15.8 Å². The number of carbonyl (C=O) groups excluding carboxylic acids is 1. The lowest BCUT2D eigenvalue weighted by Gasteiger charge is -2.07. The van der Waals surface area contributed by atoms with E-state index in [4.69, 9.17) is 10.5 Å². The van der Waals surface area contributed by atoms with Gasteiger partial charge in [0.15, 0.2) is 0 Å². The summed E-state index contributed by atoms with van der Waals surface area (Å²) in [5, 5.41) is 2.94. The number of aryl methyl sites for hydroxylation is 1. The summed E-state index contributed by atoms with van der Waals surface area (Å²) in [6.45, 7) is 0.640. The molecule has 0 fully saturated rings. The molecule has 0 aromatic heterocycles. The number of ether oxygens (including phenoxy) is 1. The highest BCUT2D eigenvalue weighted by Crippen LogP contribution is 2.13. The number of amides is 1. The Hall–Kier alpha value is -2.49. The molecule has 22 heavy (non-hydrogen) atoms. The molecule has 0 radical (unpaired) electrons. The van der Waals surface area contributed by atoms with E-state index >= 15 is 0 Å². The summed E-state index contributed by atoms with van der Waals surface area (Å²) < 4.78 is 5.17. The number of nitrogen functional groups attached to an aromatic ring is 1. The molecule has 0 saturated carbocycles. The minimum absolute atomic E-state index is 0.0678. The first-order valence-electron chi connectivity index (χ1n) is 7.41. The number of rotatable bonds is 7. The van der Waals surface area contributed by atoms with E-state index in [0.29, 0.717) is 19.4 Å². The molecule has 2 aromatic rings. The molecule has 0 bridgehead atoms. The number of methoxy groups -OCH3 is 1. The lowest BCUT2D eigenvalue weighted by Crippen LogP contribution is -2.25. The summed E-state index contributed by atoms with van der Waals surface area (Å²) in [5.74, 6) is 0.888. The van der Waals surface area contributed by atoms with Gasteiger partial charge in [-0.15, -0.1) is 0 Å². The van der Waals surface area contributed by atoms with E-state index in [1.54, 1.807) is 7.11 Å². The average molecular weight is 298 g/mol. The quantitative estimate of drug-likeness (QED) is 0.772. The van der Waals surface area contributed by atoms with Gasteiger partial charge in [0.2, 0.25) is 5.91 Å². The van der Waals surface area contributed by atoms with Crippen molar-refractivity contribution in [2.45, 2.75) is 19.3 Å². The number of hydrogen-bond acceptors (Lipinski definition) is 3. The van der Waals surface area contributed by atoms with Gasteiger partial charge in [-0.1, -0.05) is 24.3 Å². The topological polar surface area (TPSA) is 64.3 Å². The Kier molecular flexibility index (Phi) is 5.83. The van der Waals surface area contributed by atoms with Gasteiger partial charge >= 0.3 is 0 Å². The molecule has 0 aliphatic carbocycles. The second-order valence-electron chi connectivity index (χ2n) is 5.19. The number of hydrogen-bond donors (Lipinski definition) is 2. The molecular weight excluding hydrogens is 276 g/mol. The molecule has 0 atom stereocenters. The summed E-state index contributed by atoms with van der Waals surface area (Å²) in [7, 11) is 1.64. The van der Waals surface area contributed by atoms with Crippen LogP contribution in [0.4, 0.5) is 5.69 Å². The molecule has 4 heteroatoms. The van der Waals surface area contributed by atoms with Gasteiger partial charge in [0.1, 0.15) is 5.75 Å². The van der Waals surface area contributed by atoms with E-state index in [2.05, 4.69) is 5.32 Å². The van der Waals surface area contributed by atoms with Crippen LogP contribution in [-0.2, 0) is 17.6 Å². The predicted molar refractivity (Wildman–Crippen MR) is 88.9 cm³/mol. The van der Waals surface area contributed by atoms with E-state index in [-0.39, 0.29) is 5.91 Å². The number of anilines is 1. The SMILES string of the molecule is COc1cccc(CCC(=O)NCCc2ccc(N)cc2)c1. The van der Waals surface area contributed by atoms with E-state index < -0.39 is 0 Å². The van der Waals surface area contributed by atoms with Gasteiger partial charge < -0.3 is 15.8 Å². The Morgan fingerprint density at radius 1 is 1.09 bits per heavy atom. The van der Waals surface area contributed by atoms with Gasteiger partial charge in [-0.3, -0.25) is 4.79 Å². The van der Waals surface area contributed by atoms with Crippen molar-refractivity contribution >= 4 is 11.6 Å². The summed E-state index contributed by atoms with van der Waals surface area (Å²) in [6, 6.07) is 15.5. The Labute approximate surface area is 131 Å². The zero-order valence-electron chi connectivity index (χ0n) is 12.8. The molecule has 0 aliphatic rings. The Morgan fingerprint density at radius 3 is 2.59 bits per heavy atom. The van der Waals surface area contributed by atoms with Crippen molar-refractivity contribution in [3.8, 4) is 5.75 Å². The van der Waals surface area contributed by atoms with Crippen LogP contribution in [0.1, 0.15) is 17.5 Å². The molecule has 3 N–H and O–H groups in total. The summed E-state index contributed by atoms with van der Waals surface area (Å²) in [6.07, 6.45) is 2.00. The van der Waals surface area contributed by atoms with Crippen molar-refractivity contribution in [1.29, 1.82) is 0 Å². The molecule has 116 valence electrons. The molecule has 0 saturated heterocycles. The Morgan fingerprint density at radius 2 is 1.86 bits per heavy atom. The second kappa shape index (κ2) is 8.08. The first kappa shape index (κ1) is 15.9. The Bertz CT molecular complexity index is 609. The maximum atomic E-state index is 11.9. The predicted octanol–water partition coefficient (Wildman–Crippen LogP) is 2.57. The molecule has 0 spiro atoms. The van der Waals surface area contributed by atoms with E-state index in [9.17, 15) is 4.79 Å². The first-order chi connectivity index (χ1) is 10.7. The van der Waals surface area contributed by atoms with Crippen molar-refractivity contribution < 1.29 is 9.53 Å². The number of nitrogens with two attached hydrogens (primary N) is 1. The average Bonchev–Trinajstić information content (AvgIpc) is 2.55. The van der Waals surface area contributed by atoms with Crippen LogP contribution in [-0.4, -0.2) is 19.6 Å². The number of nitrogens with one attached hydrogen (secondary N) is 1. The highest BCUT2D eigenvalue weighted by molar-refractivity contribution is 5.76. The van der Waals surface area contributed by atoms with Gasteiger partial charge in [-0.2, -0.15) is 0 Å². The second-order valence-corrected chi connectivity index (χ2v) is 5.19. The fraction of sp³-hybridized carbons (Fsp3) is 0.278. The van der Waals surface area contributed by atoms with E-state index in [1.165, 1.54) is 5.56 Å². The van der Waals surface area contributed by atoms with Crippen molar-refractivity contribution in [3.63, 3.8) is 0 Å². The number of carbonyl (C=O) groups is 1. The monoisotopic (exact) mass is 298 g/mol. The van der Waals surface area contributed by atoms with Gasteiger partial charge in [-0.05, 0) is 48.2 Å². The summed E-state index contributed by atoms with van der Waals surface area (Å²) in [4.78, 5) is 11.9. The van der Waals surface area contributed by atoms with Crippen LogP contribution >= 0.6 is 0 Å². The van der Waals surface area contributed by atoms with Crippen LogP contribution in [0.2, 0.25) is 0 Å².